The van der Waals surface area contributed by atoms with E-state index in [-0.39, 0.29) is 5.82 Å². The molecule has 0 aliphatic rings. The summed E-state index contributed by atoms with van der Waals surface area (Å²) >= 11 is 3.26. The summed E-state index contributed by atoms with van der Waals surface area (Å²) in [6, 6.07) is 5.16. The first-order valence-electron chi connectivity index (χ1n) is 7.12. The number of rotatable bonds is 8. The van der Waals surface area contributed by atoms with Gasteiger partial charge in [-0.3, -0.25) is 4.99 Å². The maximum atomic E-state index is 13.7. The highest BCUT2D eigenvalue weighted by molar-refractivity contribution is 9.10. The molecule has 0 aliphatic carbocycles. The number of halogens is 2. The first-order valence-corrected chi connectivity index (χ1v) is 7.91. The molecule has 21 heavy (non-hydrogen) atoms. The number of aryl methyl sites for hydroxylation is 1. The number of hydrogen-bond donors (Lipinski definition) is 2. The number of nitrogens with one attached hydrogen (secondary N) is 2. The summed E-state index contributed by atoms with van der Waals surface area (Å²) in [5, 5.41) is 6.33. The molecule has 0 spiro atoms. The van der Waals surface area contributed by atoms with Gasteiger partial charge in [-0.15, -0.1) is 0 Å². The molecule has 0 atom stereocenters. The summed E-state index contributed by atoms with van der Waals surface area (Å²) < 4.78 is 19.4. The fourth-order valence-electron chi connectivity index (χ4n) is 1.80. The van der Waals surface area contributed by atoms with Crippen molar-refractivity contribution in [3.63, 3.8) is 0 Å². The lowest BCUT2D eigenvalue weighted by Crippen LogP contribution is -2.39. The first kappa shape index (κ1) is 17.9. The minimum absolute atomic E-state index is 0.168. The van der Waals surface area contributed by atoms with Crippen LogP contribution in [0.25, 0.3) is 0 Å². The van der Waals surface area contributed by atoms with Gasteiger partial charge >= 0.3 is 0 Å². The van der Waals surface area contributed by atoms with Crippen LogP contribution in [0.15, 0.2) is 27.7 Å². The number of nitrogens with zero attached hydrogens (tertiary/aromatic N) is 1. The van der Waals surface area contributed by atoms with E-state index in [1.807, 2.05) is 19.1 Å². The van der Waals surface area contributed by atoms with Crippen LogP contribution in [0.4, 0.5) is 4.39 Å². The number of benzene rings is 1. The Morgan fingerprint density at radius 3 is 2.86 bits per heavy atom. The van der Waals surface area contributed by atoms with Crippen molar-refractivity contribution in [1.29, 1.82) is 0 Å². The van der Waals surface area contributed by atoms with Crippen LogP contribution in [-0.4, -0.2) is 39.3 Å². The second-order valence-electron chi connectivity index (χ2n) is 4.52. The minimum atomic E-state index is -0.168. The van der Waals surface area contributed by atoms with Gasteiger partial charge in [-0.25, -0.2) is 4.39 Å². The summed E-state index contributed by atoms with van der Waals surface area (Å²) in [4.78, 5) is 4.45. The Labute approximate surface area is 134 Å². The van der Waals surface area contributed by atoms with Crippen LogP contribution in [0, 0.1) is 5.82 Å². The van der Waals surface area contributed by atoms with E-state index >= 15 is 0 Å². The average molecular weight is 360 g/mol. The number of guanidine groups is 1. The number of aliphatic imine (C=N–C) groups is 1. The summed E-state index contributed by atoms with van der Waals surface area (Å²) in [5.41, 5.74) is 0.728. The zero-order chi connectivity index (χ0) is 15.5. The fourth-order valence-corrected chi connectivity index (χ4v) is 2.13. The van der Waals surface area contributed by atoms with Gasteiger partial charge in [0.15, 0.2) is 5.96 Å². The molecule has 0 heterocycles. The van der Waals surface area contributed by atoms with Crippen molar-refractivity contribution in [3.05, 3.63) is 34.1 Å². The predicted octanol–water partition coefficient (Wildman–Crippen LogP) is 2.72. The summed E-state index contributed by atoms with van der Waals surface area (Å²) in [7, 11) is 1.67. The fraction of sp³-hybridized carbons (Fsp3) is 0.533. The molecule has 0 fully saturated rings. The van der Waals surface area contributed by atoms with Crippen LogP contribution in [0.5, 0.6) is 0 Å². The van der Waals surface area contributed by atoms with Crippen molar-refractivity contribution in [2.45, 2.75) is 19.8 Å². The molecule has 1 aromatic rings. The highest BCUT2D eigenvalue weighted by Crippen LogP contribution is 2.16. The normalized spacial score (nSPS) is 11.5. The molecule has 0 aliphatic heterocycles. The molecule has 4 nitrogen and oxygen atoms in total. The van der Waals surface area contributed by atoms with Gasteiger partial charge in [-0.1, -0.05) is 22.0 Å². The van der Waals surface area contributed by atoms with Crippen molar-refractivity contribution in [2.75, 3.05) is 33.4 Å². The van der Waals surface area contributed by atoms with E-state index in [0.29, 0.717) is 26.1 Å². The quantitative estimate of drug-likeness (QED) is 0.426. The Morgan fingerprint density at radius 2 is 2.19 bits per heavy atom. The largest absolute Gasteiger partial charge is 0.383 e. The molecule has 2 N–H and O–H groups in total. The van der Waals surface area contributed by atoms with Crippen LogP contribution >= 0.6 is 15.9 Å². The third-order valence-electron chi connectivity index (χ3n) is 2.83. The summed E-state index contributed by atoms with van der Waals surface area (Å²) in [6.45, 7) is 4.82. The smallest absolute Gasteiger partial charge is 0.191 e. The number of hydrogen-bond acceptors (Lipinski definition) is 2. The highest BCUT2D eigenvalue weighted by atomic mass is 79.9. The third-order valence-corrected chi connectivity index (χ3v) is 3.33. The Bertz CT molecular complexity index is 455. The molecule has 1 rings (SSSR count). The van der Waals surface area contributed by atoms with Crippen LogP contribution in [-0.2, 0) is 11.2 Å². The van der Waals surface area contributed by atoms with E-state index in [1.54, 1.807) is 7.11 Å². The lowest BCUT2D eigenvalue weighted by atomic mass is 10.1. The van der Waals surface area contributed by atoms with E-state index < -0.39 is 0 Å². The van der Waals surface area contributed by atoms with Gasteiger partial charge in [0.2, 0.25) is 0 Å². The van der Waals surface area contributed by atoms with Crippen molar-refractivity contribution in [2.24, 2.45) is 4.99 Å². The molecular weight excluding hydrogens is 337 g/mol. The van der Waals surface area contributed by atoms with Crippen molar-refractivity contribution in [3.8, 4) is 0 Å². The lowest BCUT2D eigenvalue weighted by molar-refractivity contribution is 0.203. The van der Waals surface area contributed by atoms with Crippen LogP contribution < -0.4 is 10.6 Å². The first-order chi connectivity index (χ1) is 10.2. The zero-order valence-corrected chi connectivity index (χ0v) is 14.2. The summed E-state index contributed by atoms with van der Waals surface area (Å²) in [6.07, 6.45) is 1.49. The number of methoxy groups -OCH3 is 1. The standard InChI is InChI=1S/C15H23BrFN3O/c1-3-18-15(20-9-10-21-2)19-8-4-5-12-6-7-13(16)11-14(12)17/h6-7,11H,3-5,8-10H2,1-2H3,(H2,18,19,20). The molecule has 6 heteroatoms. The van der Waals surface area contributed by atoms with E-state index in [4.69, 9.17) is 4.74 Å². The Morgan fingerprint density at radius 1 is 1.38 bits per heavy atom. The van der Waals surface area contributed by atoms with E-state index in [9.17, 15) is 4.39 Å². The topological polar surface area (TPSA) is 45.7 Å². The molecule has 0 saturated carbocycles. The van der Waals surface area contributed by atoms with Gasteiger partial charge < -0.3 is 15.4 Å². The Balaban J connectivity index is 2.39. The van der Waals surface area contributed by atoms with Gasteiger partial charge in [-0.05, 0) is 37.5 Å². The van der Waals surface area contributed by atoms with Crippen molar-refractivity contribution < 1.29 is 9.13 Å². The molecule has 1 aromatic carbocycles. The molecule has 0 bridgehead atoms. The molecule has 0 aromatic heterocycles. The van der Waals surface area contributed by atoms with Crippen molar-refractivity contribution >= 4 is 21.9 Å². The van der Waals surface area contributed by atoms with E-state index in [2.05, 4.69) is 31.6 Å². The molecule has 0 amide bonds. The number of ether oxygens (including phenoxy) is 1. The molecule has 0 radical (unpaired) electrons. The van der Waals surface area contributed by atoms with E-state index in [0.717, 1.165) is 29.0 Å². The second-order valence-corrected chi connectivity index (χ2v) is 5.44. The van der Waals surface area contributed by atoms with Crippen molar-refractivity contribution in [1.82, 2.24) is 10.6 Å². The SMILES string of the molecule is CCNC(=NCCCc1ccc(Br)cc1F)NCCOC. The molecular formula is C15H23BrFN3O. The van der Waals surface area contributed by atoms with Gasteiger partial charge in [-0.2, -0.15) is 0 Å². The lowest BCUT2D eigenvalue weighted by Gasteiger charge is -2.10. The Hall–Kier alpha value is -1.14. The predicted molar refractivity (Wildman–Crippen MR) is 88.3 cm³/mol. The van der Waals surface area contributed by atoms with Gasteiger partial charge in [0, 0.05) is 31.2 Å². The monoisotopic (exact) mass is 359 g/mol. The zero-order valence-electron chi connectivity index (χ0n) is 12.6. The molecule has 0 saturated heterocycles. The van der Waals surface area contributed by atoms with Gasteiger partial charge in [0.05, 0.1) is 6.61 Å². The van der Waals surface area contributed by atoms with Gasteiger partial charge in [0.1, 0.15) is 5.82 Å². The summed E-state index contributed by atoms with van der Waals surface area (Å²) in [5.74, 6) is 0.601. The van der Waals surface area contributed by atoms with Crippen LogP contribution in [0.1, 0.15) is 18.9 Å². The molecule has 118 valence electrons. The maximum Gasteiger partial charge on any atom is 0.191 e. The third kappa shape index (κ3) is 7.43. The maximum absolute atomic E-state index is 13.7. The molecule has 0 unspecified atom stereocenters. The highest BCUT2D eigenvalue weighted by Gasteiger charge is 2.02. The minimum Gasteiger partial charge on any atom is -0.383 e. The van der Waals surface area contributed by atoms with Crippen LogP contribution in [0.2, 0.25) is 0 Å². The van der Waals surface area contributed by atoms with E-state index in [1.165, 1.54) is 6.07 Å². The second kappa shape index (κ2) is 10.6. The average Bonchev–Trinajstić information content (AvgIpc) is 2.45. The van der Waals surface area contributed by atoms with Crippen LogP contribution in [0.3, 0.4) is 0 Å². The Kier molecular flexibility index (Phi) is 9.01. The van der Waals surface area contributed by atoms with Gasteiger partial charge in [0.25, 0.3) is 0 Å².